The number of hydrogen-bond acceptors (Lipinski definition) is 5. The summed E-state index contributed by atoms with van der Waals surface area (Å²) in [5.74, 6) is 1.03. The molecule has 1 fully saturated rings. The molecule has 192 valence electrons. The quantitative estimate of drug-likeness (QED) is 0.343. The second-order valence-corrected chi connectivity index (χ2v) is 11.2. The zero-order chi connectivity index (χ0) is 26.4. The number of nitrogens with zero attached hydrogens (tertiary/aromatic N) is 3. The van der Waals surface area contributed by atoms with Crippen LogP contribution in [-0.2, 0) is 12.0 Å². The fourth-order valence-corrected chi connectivity index (χ4v) is 5.82. The van der Waals surface area contributed by atoms with E-state index in [4.69, 9.17) is 4.74 Å². The van der Waals surface area contributed by atoms with Crippen LogP contribution < -0.4 is 10.2 Å². The predicted molar refractivity (Wildman–Crippen MR) is 147 cm³/mol. The minimum absolute atomic E-state index is 0.0576. The van der Waals surface area contributed by atoms with Crippen molar-refractivity contribution in [2.24, 2.45) is 5.92 Å². The zero-order valence-corrected chi connectivity index (χ0v) is 22.3. The van der Waals surface area contributed by atoms with Crippen molar-refractivity contribution in [3.63, 3.8) is 0 Å². The van der Waals surface area contributed by atoms with Crippen LogP contribution in [0.15, 0.2) is 65.8 Å². The second kappa shape index (κ2) is 9.42. The molecule has 0 bridgehead atoms. The van der Waals surface area contributed by atoms with E-state index in [0.717, 1.165) is 52.2 Å². The Balaban J connectivity index is 1.53. The number of pyridine rings is 3. The van der Waals surface area contributed by atoms with E-state index in [1.807, 2.05) is 30.5 Å². The van der Waals surface area contributed by atoms with E-state index >= 15 is 0 Å². The van der Waals surface area contributed by atoms with Crippen molar-refractivity contribution in [1.82, 2.24) is 14.5 Å². The molecule has 0 saturated heterocycles. The number of aryl methyl sites for hydroxylation is 2. The molecular weight excluding hydrogens is 462 g/mol. The molecule has 6 nitrogen and oxygen atoms in total. The Morgan fingerprint density at radius 2 is 1.78 bits per heavy atom. The minimum Gasteiger partial charge on any atom is -0.496 e. The molecule has 3 heterocycles. The van der Waals surface area contributed by atoms with Crippen LogP contribution in [0.1, 0.15) is 50.1 Å². The first-order valence-electron chi connectivity index (χ1n) is 12.9. The highest BCUT2D eigenvalue weighted by Crippen LogP contribution is 2.48. The van der Waals surface area contributed by atoms with Gasteiger partial charge in [0.1, 0.15) is 5.75 Å². The van der Waals surface area contributed by atoms with E-state index in [1.165, 1.54) is 0 Å². The topological polar surface area (TPSA) is 77.2 Å². The Kier molecular flexibility index (Phi) is 6.40. The maximum absolute atomic E-state index is 12.4. The first kappa shape index (κ1) is 25.2. The molecule has 6 heteroatoms. The third-order valence-electron chi connectivity index (χ3n) is 7.65. The monoisotopic (exact) mass is 497 g/mol. The number of aromatic nitrogens is 3. The maximum atomic E-state index is 12.4. The first-order valence-corrected chi connectivity index (χ1v) is 12.9. The van der Waals surface area contributed by atoms with Gasteiger partial charge in [-0.1, -0.05) is 19.9 Å². The number of ether oxygens (including phenoxy) is 1. The number of aliphatic hydroxyl groups is 1. The van der Waals surface area contributed by atoms with Crippen molar-refractivity contribution in [3.8, 4) is 16.9 Å². The molecule has 1 aromatic carbocycles. The van der Waals surface area contributed by atoms with Gasteiger partial charge in [0.2, 0.25) is 0 Å². The van der Waals surface area contributed by atoms with Gasteiger partial charge in [0.05, 0.1) is 30.2 Å². The lowest BCUT2D eigenvalue weighted by Gasteiger charge is -2.38. The molecule has 5 rings (SSSR count). The van der Waals surface area contributed by atoms with Crippen molar-refractivity contribution in [1.29, 1.82) is 0 Å². The minimum atomic E-state index is -0.945. The highest BCUT2D eigenvalue weighted by Gasteiger charge is 2.47. The van der Waals surface area contributed by atoms with Gasteiger partial charge in [-0.3, -0.25) is 14.8 Å². The Bertz CT molecular complexity index is 1500. The molecule has 1 unspecified atom stereocenters. The number of hydrogen-bond donors (Lipinski definition) is 1. The first-order chi connectivity index (χ1) is 17.6. The van der Waals surface area contributed by atoms with E-state index in [9.17, 15) is 9.90 Å². The Labute approximate surface area is 218 Å². The van der Waals surface area contributed by atoms with Crippen molar-refractivity contribution >= 4 is 10.9 Å². The summed E-state index contributed by atoms with van der Waals surface area (Å²) in [6.07, 6.45) is 7.64. The van der Waals surface area contributed by atoms with Crippen LogP contribution in [0, 0.1) is 19.8 Å². The van der Waals surface area contributed by atoms with Crippen LogP contribution in [0.2, 0.25) is 0 Å². The number of methoxy groups -OCH3 is 1. The summed E-state index contributed by atoms with van der Waals surface area (Å²) < 4.78 is 7.81. The molecule has 0 radical (unpaired) electrons. The predicted octanol–water partition coefficient (Wildman–Crippen LogP) is 5.59. The molecule has 3 aromatic heterocycles. The molecule has 0 spiro atoms. The standard InChI is InChI=1S/C31H35N3O3/c1-20-14-23(15-21(2)33-20)22-6-9-29(37-5)26(16-22)30(3,4)18-31(36,24-7-8-24)19-34-13-11-28(35)25-17-32-12-10-27(25)34/h6,9-17,24,36H,7-8,18-19H2,1-5H3. The van der Waals surface area contributed by atoms with Crippen LogP contribution in [0.25, 0.3) is 22.0 Å². The molecule has 1 aliphatic carbocycles. The molecule has 1 aliphatic rings. The molecule has 1 saturated carbocycles. The van der Waals surface area contributed by atoms with Gasteiger partial charge in [0.25, 0.3) is 0 Å². The number of benzene rings is 1. The summed E-state index contributed by atoms with van der Waals surface area (Å²) in [6.45, 7) is 8.79. The molecule has 1 N–H and O–H groups in total. The Morgan fingerprint density at radius 3 is 2.46 bits per heavy atom. The fraction of sp³-hybridized carbons (Fsp3) is 0.387. The molecule has 0 amide bonds. The SMILES string of the molecule is COc1ccc(-c2cc(C)nc(C)c2)cc1C(C)(C)CC(O)(Cn1ccc(=O)c2cnccc21)C1CC1. The summed E-state index contributed by atoms with van der Waals surface area (Å²) in [5, 5.41) is 12.8. The van der Waals surface area contributed by atoms with Crippen molar-refractivity contribution in [3.05, 3.63) is 88.2 Å². The Hall–Kier alpha value is -3.51. The lowest BCUT2D eigenvalue weighted by atomic mass is 9.72. The molecule has 4 aromatic rings. The van der Waals surface area contributed by atoms with Gasteiger partial charge < -0.3 is 14.4 Å². The van der Waals surface area contributed by atoms with Crippen LogP contribution in [-0.4, -0.2) is 32.4 Å². The average molecular weight is 498 g/mol. The van der Waals surface area contributed by atoms with E-state index in [2.05, 4.69) is 48.1 Å². The summed E-state index contributed by atoms with van der Waals surface area (Å²) in [4.78, 5) is 21.0. The van der Waals surface area contributed by atoms with Gasteiger partial charge >= 0.3 is 0 Å². The molecule has 37 heavy (non-hydrogen) atoms. The van der Waals surface area contributed by atoms with Gasteiger partial charge in [-0.2, -0.15) is 0 Å². The molecule has 0 aliphatic heterocycles. The second-order valence-electron chi connectivity index (χ2n) is 11.2. The highest BCUT2D eigenvalue weighted by molar-refractivity contribution is 5.77. The van der Waals surface area contributed by atoms with E-state index in [0.29, 0.717) is 18.4 Å². The molecular formula is C31H35N3O3. The fourth-order valence-electron chi connectivity index (χ4n) is 5.82. The summed E-state index contributed by atoms with van der Waals surface area (Å²) >= 11 is 0. The molecule has 1 atom stereocenters. The highest BCUT2D eigenvalue weighted by atomic mass is 16.5. The van der Waals surface area contributed by atoms with Gasteiger partial charge in [-0.15, -0.1) is 0 Å². The smallest absolute Gasteiger partial charge is 0.190 e. The third-order valence-corrected chi connectivity index (χ3v) is 7.65. The van der Waals surface area contributed by atoms with Gasteiger partial charge in [0, 0.05) is 41.6 Å². The van der Waals surface area contributed by atoms with Crippen molar-refractivity contribution in [2.75, 3.05) is 7.11 Å². The zero-order valence-electron chi connectivity index (χ0n) is 22.3. The van der Waals surface area contributed by atoms with E-state index in [1.54, 1.807) is 31.8 Å². The average Bonchev–Trinajstić information content (AvgIpc) is 3.71. The van der Waals surface area contributed by atoms with Gasteiger partial charge in [0.15, 0.2) is 5.43 Å². The summed E-state index contributed by atoms with van der Waals surface area (Å²) in [7, 11) is 1.70. The van der Waals surface area contributed by atoms with Crippen molar-refractivity contribution < 1.29 is 9.84 Å². The van der Waals surface area contributed by atoms with Gasteiger partial charge in [-0.25, -0.2) is 0 Å². The lowest BCUT2D eigenvalue weighted by Crippen LogP contribution is -2.42. The van der Waals surface area contributed by atoms with Gasteiger partial charge in [-0.05, 0) is 85.9 Å². The Morgan fingerprint density at radius 1 is 1.05 bits per heavy atom. The maximum Gasteiger partial charge on any atom is 0.190 e. The number of rotatable bonds is 8. The largest absolute Gasteiger partial charge is 0.496 e. The lowest BCUT2D eigenvalue weighted by molar-refractivity contribution is -0.0229. The van der Waals surface area contributed by atoms with Crippen molar-refractivity contribution in [2.45, 2.75) is 64.5 Å². The van der Waals surface area contributed by atoms with E-state index in [-0.39, 0.29) is 16.8 Å². The van der Waals surface area contributed by atoms with Crippen LogP contribution in [0.5, 0.6) is 5.75 Å². The van der Waals surface area contributed by atoms with E-state index < -0.39 is 5.60 Å². The summed E-state index contributed by atoms with van der Waals surface area (Å²) in [6, 6.07) is 13.9. The van der Waals surface area contributed by atoms with Crippen LogP contribution >= 0.6 is 0 Å². The van der Waals surface area contributed by atoms with Crippen LogP contribution in [0.4, 0.5) is 0 Å². The van der Waals surface area contributed by atoms with Crippen LogP contribution in [0.3, 0.4) is 0 Å². The third kappa shape index (κ3) is 5.03. The normalized spacial score (nSPS) is 15.5. The number of fused-ring (bicyclic) bond motifs is 1. The summed E-state index contributed by atoms with van der Waals surface area (Å²) in [5.41, 5.74) is 4.66.